The number of aliphatic carboxylic acids is 1. The van der Waals surface area contributed by atoms with Gasteiger partial charge in [-0.05, 0) is 51.5 Å². The van der Waals surface area contributed by atoms with Crippen molar-refractivity contribution < 1.29 is 19.4 Å². The standard InChI is InChI=1S/C18H27NO4S/c1-11-5-6-12-13(10-24-15(12)9-11)16(20)19-14(17(21)22)7-8-23-18(2,3)4/h10-11,14H,5-9H2,1-4H3,(H,19,20)(H,21,22). The number of carbonyl (C=O) groups excluding carboxylic acids is 1. The van der Waals surface area contributed by atoms with Gasteiger partial charge >= 0.3 is 5.97 Å². The minimum absolute atomic E-state index is 0.252. The van der Waals surface area contributed by atoms with E-state index in [4.69, 9.17) is 4.74 Å². The molecule has 0 saturated heterocycles. The van der Waals surface area contributed by atoms with E-state index in [1.807, 2.05) is 26.2 Å². The lowest BCUT2D eigenvalue weighted by Gasteiger charge is -2.22. The van der Waals surface area contributed by atoms with Crippen LogP contribution in [0.4, 0.5) is 0 Å². The second kappa shape index (κ2) is 7.66. The van der Waals surface area contributed by atoms with E-state index in [-0.39, 0.29) is 17.9 Å². The summed E-state index contributed by atoms with van der Waals surface area (Å²) in [6, 6.07) is -0.932. The molecule has 0 radical (unpaired) electrons. The lowest BCUT2D eigenvalue weighted by atomic mass is 9.88. The molecule has 24 heavy (non-hydrogen) atoms. The number of thiophene rings is 1. The largest absolute Gasteiger partial charge is 0.480 e. The van der Waals surface area contributed by atoms with Crippen molar-refractivity contribution in [2.75, 3.05) is 6.61 Å². The molecule has 0 aromatic carbocycles. The molecule has 1 aromatic heterocycles. The summed E-state index contributed by atoms with van der Waals surface area (Å²) in [4.78, 5) is 25.2. The van der Waals surface area contributed by atoms with E-state index >= 15 is 0 Å². The summed E-state index contributed by atoms with van der Waals surface area (Å²) in [5, 5.41) is 13.9. The van der Waals surface area contributed by atoms with E-state index in [1.54, 1.807) is 11.3 Å². The molecule has 1 heterocycles. The highest BCUT2D eigenvalue weighted by Gasteiger charge is 2.26. The highest BCUT2D eigenvalue weighted by Crippen LogP contribution is 2.32. The molecule has 2 atom stereocenters. The maximum absolute atomic E-state index is 12.5. The van der Waals surface area contributed by atoms with Crippen LogP contribution in [0.5, 0.6) is 0 Å². The van der Waals surface area contributed by atoms with Gasteiger partial charge in [0.2, 0.25) is 0 Å². The molecule has 6 heteroatoms. The van der Waals surface area contributed by atoms with Crippen LogP contribution < -0.4 is 5.32 Å². The molecule has 1 amide bonds. The van der Waals surface area contributed by atoms with Crippen molar-refractivity contribution in [3.63, 3.8) is 0 Å². The molecule has 0 aliphatic heterocycles. The number of carbonyl (C=O) groups is 2. The Hall–Kier alpha value is -1.40. The maximum Gasteiger partial charge on any atom is 0.326 e. The average molecular weight is 353 g/mol. The summed E-state index contributed by atoms with van der Waals surface area (Å²) < 4.78 is 5.57. The Morgan fingerprint density at radius 2 is 2.17 bits per heavy atom. The van der Waals surface area contributed by atoms with Crippen LogP contribution in [0.15, 0.2) is 5.38 Å². The Kier molecular flexibility index (Phi) is 6.04. The predicted octanol–water partition coefficient (Wildman–Crippen LogP) is 3.26. The molecule has 134 valence electrons. The van der Waals surface area contributed by atoms with Crippen molar-refractivity contribution in [2.24, 2.45) is 5.92 Å². The molecule has 0 fully saturated rings. The fourth-order valence-electron chi connectivity index (χ4n) is 2.84. The fraction of sp³-hybridized carbons (Fsp3) is 0.667. The van der Waals surface area contributed by atoms with Crippen LogP contribution in [0, 0.1) is 5.92 Å². The number of ether oxygens (including phenoxy) is 1. The Balaban J connectivity index is 2.00. The first kappa shape index (κ1) is 18.9. The number of rotatable bonds is 6. The van der Waals surface area contributed by atoms with Gasteiger partial charge in [0.05, 0.1) is 11.2 Å². The molecule has 1 aromatic rings. The van der Waals surface area contributed by atoms with Crippen LogP contribution in [0.25, 0.3) is 0 Å². The summed E-state index contributed by atoms with van der Waals surface area (Å²) in [5.74, 6) is -0.669. The van der Waals surface area contributed by atoms with Crippen LogP contribution >= 0.6 is 11.3 Å². The van der Waals surface area contributed by atoms with Gasteiger partial charge in [0.25, 0.3) is 5.91 Å². The van der Waals surface area contributed by atoms with Crippen LogP contribution in [0.1, 0.15) is 61.3 Å². The van der Waals surface area contributed by atoms with Crippen molar-refractivity contribution in [1.82, 2.24) is 5.32 Å². The van der Waals surface area contributed by atoms with Gasteiger partial charge in [0, 0.05) is 23.3 Å². The predicted molar refractivity (Wildman–Crippen MR) is 94.7 cm³/mol. The summed E-state index contributed by atoms with van der Waals surface area (Å²) in [6.07, 6.45) is 3.23. The SMILES string of the molecule is CC1CCc2c(C(=O)NC(CCOC(C)(C)C)C(=O)O)csc2C1. The van der Waals surface area contributed by atoms with Crippen LogP contribution in [-0.4, -0.2) is 35.2 Å². The van der Waals surface area contributed by atoms with Crippen molar-refractivity contribution in [1.29, 1.82) is 0 Å². The molecule has 1 aliphatic carbocycles. The molecular weight excluding hydrogens is 326 g/mol. The molecule has 0 saturated carbocycles. The van der Waals surface area contributed by atoms with Crippen molar-refractivity contribution in [2.45, 2.75) is 65.0 Å². The molecule has 0 bridgehead atoms. The Morgan fingerprint density at radius 3 is 2.79 bits per heavy atom. The van der Waals surface area contributed by atoms with E-state index in [1.165, 1.54) is 4.88 Å². The van der Waals surface area contributed by atoms with Gasteiger partial charge in [0.1, 0.15) is 6.04 Å². The van der Waals surface area contributed by atoms with E-state index < -0.39 is 12.0 Å². The number of amides is 1. The normalized spacial score (nSPS) is 18.8. The number of carboxylic acids is 1. The Morgan fingerprint density at radius 1 is 1.46 bits per heavy atom. The summed E-state index contributed by atoms with van der Waals surface area (Å²) in [5.41, 5.74) is 1.42. The molecular formula is C18H27NO4S. The van der Waals surface area contributed by atoms with E-state index in [0.29, 0.717) is 18.1 Å². The van der Waals surface area contributed by atoms with Crippen molar-refractivity contribution >= 4 is 23.2 Å². The van der Waals surface area contributed by atoms with Gasteiger partial charge in [-0.3, -0.25) is 4.79 Å². The molecule has 2 N–H and O–H groups in total. The number of hydrogen-bond donors (Lipinski definition) is 2. The third-order valence-electron chi connectivity index (χ3n) is 4.19. The molecule has 0 spiro atoms. The van der Waals surface area contributed by atoms with Crippen LogP contribution in [0.2, 0.25) is 0 Å². The minimum Gasteiger partial charge on any atom is -0.480 e. The van der Waals surface area contributed by atoms with Crippen molar-refractivity contribution in [3.05, 3.63) is 21.4 Å². The quantitative estimate of drug-likeness (QED) is 0.823. The second-order valence-corrected chi connectivity index (χ2v) is 8.48. The average Bonchev–Trinajstić information content (AvgIpc) is 2.87. The van der Waals surface area contributed by atoms with Crippen LogP contribution in [-0.2, 0) is 22.4 Å². The molecule has 1 aliphatic rings. The topological polar surface area (TPSA) is 75.6 Å². The Bertz CT molecular complexity index is 603. The van der Waals surface area contributed by atoms with E-state index in [2.05, 4.69) is 12.2 Å². The zero-order chi connectivity index (χ0) is 17.9. The van der Waals surface area contributed by atoms with Crippen molar-refractivity contribution in [3.8, 4) is 0 Å². The van der Waals surface area contributed by atoms with Gasteiger partial charge in [-0.15, -0.1) is 11.3 Å². The first-order valence-electron chi connectivity index (χ1n) is 8.44. The second-order valence-electron chi connectivity index (χ2n) is 7.51. The minimum atomic E-state index is -1.03. The molecule has 5 nitrogen and oxygen atoms in total. The van der Waals surface area contributed by atoms with Crippen LogP contribution in [0.3, 0.4) is 0 Å². The van der Waals surface area contributed by atoms with E-state index in [9.17, 15) is 14.7 Å². The zero-order valence-corrected chi connectivity index (χ0v) is 15.7. The number of nitrogens with one attached hydrogen (secondary N) is 1. The summed E-state index contributed by atoms with van der Waals surface area (Å²) in [7, 11) is 0. The monoisotopic (exact) mass is 353 g/mol. The van der Waals surface area contributed by atoms with Gasteiger partial charge < -0.3 is 15.2 Å². The number of carboxylic acid groups (broad SMARTS) is 1. The lowest BCUT2D eigenvalue weighted by molar-refractivity contribution is -0.140. The Labute approximate surface area is 147 Å². The third-order valence-corrected chi connectivity index (χ3v) is 5.24. The van der Waals surface area contributed by atoms with Gasteiger partial charge in [-0.25, -0.2) is 4.79 Å². The first-order valence-corrected chi connectivity index (χ1v) is 9.32. The number of fused-ring (bicyclic) bond motifs is 1. The molecule has 2 rings (SSSR count). The summed E-state index contributed by atoms with van der Waals surface area (Å²) >= 11 is 1.61. The smallest absolute Gasteiger partial charge is 0.326 e. The maximum atomic E-state index is 12.5. The highest BCUT2D eigenvalue weighted by atomic mass is 32.1. The third kappa shape index (κ3) is 5.05. The first-order chi connectivity index (χ1) is 11.2. The summed E-state index contributed by atoms with van der Waals surface area (Å²) in [6.45, 7) is 8.26. The van der Waals surface area contributed by atoms with E-state index in [0.717, 1.165) is 24.8 Å². The fourth-order valence-corrected chi connectivity index (χ4v) is 4.09. The molecule has 2 unspecified atom stereocenters. The lowest BCUT2D eigenvalue weighted by Crippen LogP contribution is -2.42. The van der Waals surface area contributed by atoms with Gasteiger partial charge in [-0.1, -0.05) is 6.92 Å². The van der Waals surface area contributed by atoms with Gasteiger partial charge in [0.15, 0.2) is 0 Å². The number of hydrogen-bond acceptors (Lipinski definition) is 4. The highest BCUT2D eigenvalue weighted by molar-refractivity contribution is 7.10. The zero-order valence-electron chi connectivity index (χ0n) is 14.8. The van der Waals surface area contributed by atoms with Gasteiger partial charge in [-0.2, -0.15) is 0 Å².